The van der Waals surface area contributed by atoms with Crippen LogP contribution >= 0.6 is 11.6 Å². The van der Waals surface area contributed by atoms with Crippen LogP contribution in [-0.2, 0) is 14.3 Å². The summed E-state index contributed by atoms with van der Waals surface area (Å²) in [5.74, 6) is 0.975. The minimum absolute atomic E-state index is 0.345. The van der Waals surface area contributed by atoms with Gasteiger partial charge >= 0.3 is 5.97 Å². The predicted molar refractivity (Wildman–Crippen MR) is 125 cm³/mol. The molecule has 0 aromatic heterocycles. The van der Waals surface area contributed by atoms with Crippen LogP contribution in [0.25, 0.3) is 6.08 Å². The van der Waals surface area contributed by atoms with E-state index >= 15 is 0 Å². The number of halogens is 1. The van der Waals surface area contributed by atoms with Crippen molar-refractivity contribution in [2.75, 3.05) is 34.5 Å². The molecule has 2 aromatic rings. The molecule has 0 heterocycles. The molecule has 0 saturated carbocycles. The van der Waals surface area contributed by atoms with Crippen LogP contribution in [0.5, 0.6) is 23.0 Å². The van der Waals surface area contributed by atoms with Gasteiger partial charge in [-0.2, -0.15) is 0 Å². The highest BCUT2D eigenvalue weighted by molar-refractivity contribution is 6.32. The maximum atomic E-state index is 12.3. The van der Waals surface area contributed by atoms with Crippen LogP contribution in [0, 0.1) is 0 Å². The van der Waals surface area contributed by atoms with Gasteiger partial charge in [0.1, 0.15) is 11.5 Å². The van der Waals surface area contributed by atoms with Gasteiger partial charge in [0.2, 0.25) is 0 Å². The van der Waals surface area contributed by atoms with Crippen LogP contribution in [0.1, 0.15) is 31.0 Å². The molecular weight excluding hydrogens is 450 g/mol. The van der Waals surface area contributed by atoms with Crippen molar-refractivity contribution in [1.29, 1.82) is 0 Å². The quantitative estimate of drug-likeness (QED) is 0.383. The molecule has 0 aliphatic rings. The smallest absolute Gasteiger partial charge is 0.331 e. The molecule has 2 aromatic carbocycles. The van der Waals surface area contributed by atoms with Crippen LogP contribution in [0.2, 0.25) is 5.02 Å². The first-order valence-corrected chi connectivity index (χ1v) is 10.6. The SMILES string of the molecule is CCOc1cc(/C=C/C(=O)OCC(=O)NC(C)c2cc(OC)ccc2OC)cc(Cl)c1OC. The second-order valence-corrected chi connectivity index (χ2v) is 7.21. The van der Waals surface area contributed by atoms with Gasteiger partial charge < -0.3 is 29.0 Å². The summed E-state index contributed by atoms with van der Waals surface area (Å²) in [4.78, 5) is 24.3. The monoisotopic (exact) mass is 477 g/mol. The van der Waals surface area contributed by atoms with Crippen LogP contribution in [0.4, 0.5) is 0 Å². The molecule has 1 amide bonds. The average Bonchev–Trinajstić information content (AvgIpc) is 2.81. The van der Waals surface area contributed by atoms with E-state index in [0.717, 1.165) is 5.56 Å². The van der Waals surface area contributed by atoms with Crippen LogP contribution < -0.4 is 24.3 Å². The van der Waals surface area contributed by atoms with Crippen molar-refractivity contribution >= 4 is 29.6 Å². The molecule has 0 aliphatic heterocycles. The van der Waals surface area contributed by atoms with Crippen LogP contribution in [-0.4, -0.2) is 46.4 Å². The molecule has 1 atom stereocenters. The van der Waals surface area contributed by atoms with Crippen molar-refractivity contribution in [2.24, 2.45) is 0 Å². The number of rotatable bonds is 11. The Morgan fingerprint density at radius 1 is 1.06 bits per heavy atom. The summed E-state index contributed by atoms with van der Waals surface area (Å²) in [7, 11) is 4.59. The Balaban J connectivity index is 1.96. The van der Waals surface area contributed by atoms with Crippen molar-refractivity contribution in [3.05, 3.63) is 52.6 Å². The van der Waals surface area contributed by atoms with Gasteiger partial charge in [0.25, 0.3) is 5.91 Å². The zero-order valence-electron chi connectivity index (χ0n) is 19.3. The molecule has 0 aliphatic carbocycles. The molecule has 0 fully saturated rings. The van der Waals surface area contributed by atoms with Gasteiger partial charge in [-0.3, -0.25) is 4.79 Å². The van der Waals surface area contributed by atoms with E-state index in [9.17, 15) is 9.59 Å². The molecule has 178 valence electrons. The number of hydrogen-bond donors (Lipinski definition) is 1. The number of carbonyl (C=O) groups is 2. The number of methoxy groups -OCH3 is 3. The van der Waals surface area contributed by atoms with E-state index in [1.54, 1.807) is 51.5 Å². The van der Waals surface area contributed by atoms with Gasteiger partial charge in [0.05, 0.1) is 39.0 Å². The lowest BCUT2D eigenvalue weighted by atomic mass is 10.1. The fourth-order valence-corrected chi connectivity index (χ4v) is 3.33. The Bertz CT molecular complexity index is 1010. The Morgan fingerprint density at radius 3 is 2.45 bits per heavy atom. The lowest BCUT2D eigenvalue weighted by molar-refractivity contribution is -0.144. The number of nitrogens with one attached hydrogen (secondary N) is 1. The minimum Gasteiger partial charge on any atom is -0.497 e. The summed E-state index contributed by atoms with van der Waals surface area (Å²) in [5, 5.41) is 3.11. The van der Waals surface area contributed by atoms with E-state index < -0.39 is 24.5 Å². The van der Waals surface area contributed by atoms with Crippen molar-refractivity contribution in [2.45, 2.75) is 19.9 Å². The summed E-state index contributed by atoms with van der Waals surface area (Å²) in [6, 6.07) is 8.21. The maximum Gasteiger partial charge on any atom is 0.331 e. The number of benzene rings is 2. The molecule has 0 radical (unpaired) electrons. The van der Waals surface area contributed by atoms with E-state index in [0.29, 0.717) is 40.2 Å². The van der Waals surface area contributed by atoms with Gasteiger partial charge in [-0.25, -0.2) is 4.79 Å². The highest BCUT2D eigenvalue weighted by atomic mass is 35.5. The lowest BCUT2D eigenvalue weighted by Gasteiger charge is -2.18. The third-order valence-electron chi connectivity index (χ3n) is 4.57. The van der Waals surface area contributed by atoms with E-state index in [1.807, 2.05) is 6.92 Å². The largest absolute Gasteiger partial charge is 0.497 e. The molecule has 0 spiro atoms. The summed E-state index contributed by atoms with van der Waals surface area (Å²) >= 11 is 6.20. The fourth-order valence-electron chi connectivity index (χ4n) is 3.03. The Kier molecular flexibility index (Phi) is 9.87. The molecule has 1 N–H and O–H groups in total. The molecule has 2 rings (SSSR count). The van der Waals surface area contributed by atoms with E-state index in [1.165, 1.54) is 19.3 Å². The molecule has 33 heavy (non-hydrogen) atoms. The van der Waals surface area contributed by atoms with Gasteiger partial charge in [-0.05, 0) is 55.8 Å². The molecule has 8 nitrogen and oxygen atoms in total. The minimum atomic E-state index is -0.679. The fraction of sp³-hybridized carbons (Fsp3) is 0.333. The van der Waals surface area contributed by atoms with Crippen LogP contribution in [0.3, 0.4) is 0 Å². The number of amides is 1. The van der Waals surface area contributed by atoms with E-state index in [2.05, 4.69) is 5.32 Å². The van der Waals surface area contributed by atoms with Crippen molar-refractivity contribution in [1.82, 2.24) is 5.32 Å². The standard InChI is InChI=1S/C24H28ClNO7/c1-6-32-21-12-16(11-19(25)24(21)31-5)7-10-23(28)33-14-22(27)26-15(2)18-13-17(29-3)8-9-20(18)30-4/h7-13,15H,6,14H2,1-5H3,(H,26,27)/b10-7+. The topological polar surface area (TPSA) is 92.3 Å². The zero-order chi connectivity index (χ0) is 24.4. The summed E-state index contributed by atoms with van der Waals surface area (Å²) in [5.41, 5.74) is 1.35. The lowest BCUT2D eigenvalue weighted by Crippen LogP contribution is -2.31. The van der Waals surface area contributed by atoms with Gasteiger partial charge in [-0.1, -0.05) is 11.6 Å². The van der Waals surface area contributed by atoms with Crippen LogP contribution in [0.15, 0.2) is 36.4 Å². The number of carbonyl (C=O) groups excluding carboxylic acids is 2. The normalized spacial score (nSPS) is 11.6. The maximum absolute atomic E-state index is 12.3. The summed E-state index contributed by atoms with van der Waals surface area (Å²) in [6.45, 7) is 3.62. The number of ether oxygens (including phenoxy) is 5. The molecule has 0 bridgehead atoms. The third kappa shape index (κ3) is 7.32. The van der Waals surface area contributed by atoms with Crippen molar-refractivity contribution in [3.63, 3.8) is 0 Å². The molecule has 9 heteroatoms. The first-order chi connectivity index (χ1) is 15.8. The number of hydrogen-bond acceptors (Lipinski definition) is 7. The van der Waals surface area contributed by atoms with Gasteiger partial charge in [0.15, 0.2) is 18.1 Å². The van der Waals surface area contributed by atoms with Gasteiger partial charge in [0, 0.05) is 11.6 Å². The second-order valence-electron chi connectivity index (χ2n) is 6.81. The summed E-state index contributed by atoms with van der Waals surface area (Å²) in [6.07, 6.45) is 2.72. The first-order valence-electron chi connectivity index (χ1n) is 10.2. The predicted octanol–water partition coefficient (Wildman–Crippen LogP) is 4.20. The second kappa shape index (κ2) is 12.6. The zero-order valence-corrected chi connectivity index (χ0v) is 20.0. The van der Waals surface area contributed by atoms with Gasteiger partial charge in [-0.15, -0.1) is 0 Å². The Labute approximate surface area is 198 Å². The molecule has 0 saturated heterocycles. The Morgan fingerprint density at radius 2 is 1.82 bits per heavy atom. The highest BCUT2D eigenvalue weighted by Crippen LogP contribution is 2.36. The van der Waals surface area contributed by atoms with E-state index in [-0.39, 0.29) is 0 Å². The van der Waals surface area contributed by atoms with Crippen molar-refractivity contribution < 1.29 is 33.3 Å². The molecule has 1 unspecified atom stereocenters. The summed E-state index contributed by atoms with van der Waals surface area (Å²) < 4.78 is 26.3. The Hall–Kier alpha value is -3.39. The third-order valence-corrected chi connectivity index (χ3v) is 4.85. The first kappa shape index (κ1) is 25.9. The number of esters is 1. The highest BCUT2D eigenvalue weighted by Gasteiger charge is 2.16. The van der Waals surface area contributed by atoms with Crippen molar-refractivity contribution in [3.8, 4) is 23.0 Å². The van der Waals surface area contributed by atoms with E-state index in [4.69, 9.17) is 35.3 Å². The molecular formula is C24H28ClNO7. The average molecular weight is 478 g/mol.